The van der Waals surface area contributed by atoms with Crippen molar-refractivity contribution in [3.63, 3.8) is 0 Å². The molecule has 0 saturated heterocycles. The molecule has 0 spiro atoms. The molecular formula is C23H24N2O3. The number of nitrogens with zero attached hydrogens (tertiary/aromatic N) is 1. The van der Waals surface area contributed by atoms with Gasteiger partial charge in [0.2, 0.25) is 5.91 Å². The molecule has 0 atom stereocenters. The molecule has 144 valence electrons. The second-order valence-electron chi connectivity index (χ2n) is 7.55. The van der Waals surface area contributed by atoms with E-state index in [9.17, 15) is 14.7 Å². The molecule has 4 rings (SSSR count). The van der Waals surface area contributed by atoms with E-state index < -0.39 is 11.9 Å². The molecule has 0 radical (unpaired) electrons. The zero-order valence-corrected chi connectivity index (χ0v) is 15.7. The molecule has 1 aliphatic carbocycles. The van der Waals surface area contributed by atoms with Crippen LogP contribution in [0.1, 0.15) is 53.9 Å². The van der Waals surface area contributed by atoms with Crippen LogP contribution in [-0.2, 0) is 11.3 Å². The number of rotatable bonds is 5. The summed E-state index contributed by atoms with van der Waals surface area (Å²) < 4.78 is 1.91. The first-order valence-electron chi connectivity index (χ1n) is 9.79. The van der Waals surface area contributed by atoms with Crippen LogP contribution in [0, 0.1) is 0 Å². The van der Waals surface area contributed by atoms with Crippen LogP contribution in [-0.4, -0.2) is 21.6 Å². The maximum Gasteiger partial charge on any atom is 0.335 e. The average Bonchev–Trinajstić information content (AvgIpc) is 3.02. The number of benzene rings is 2. The van der Waals surface area contributed by atoms with E-state index in [2.05, 4.69) is 0 Å². The second kappa shape index (κ2) is 7.50. The molecule has 28 heavy (non-hydrogen) atoms. The minimum absolute atomic E-state index is 0.0243. The number of carboxylic acid groups (broad SMARTS) is 1. The number of nitrogens with two attached hydrogens (primary N) is 1. The van der Waals surface area contributed by atoms with Gasteiger partial charge in [-0.2, -0.15) is 0 Å². The Hall–Kier alpha value is -3.08. The molecule has 1 saturated carbocycles. The van der Waals surface area contributed by atoms with Crippen molar-refractivity contribution in [1.29, 1.82) is 0 Å². The molecule has 0 bridgehead atoms. The number of aromatic carboxylic acids is 1. The van der Waals surface area contributed by atoms with Gasteiger partial charge in [-0.05, 0) is 42.0 Å². The highest BCUT2D eigenvalue weighted by atomic mass is 16.4. The van der Waals surface area contributed by atoms with Gasteiger partial charge in [0.1, 0.15) is 6.54 Å². The topological polar surface area (TPSA) is 85.3 Å². The quantitative estimate of drug-likeness (QED) is 0.685. The summed E-state index contributed by atoms with van der Waals surface area (Å²) in [5.41, 5.74) is 9.78. The number of primary amides is 1. The van der Waals surface area contributed by atoms with E-state index in [1.807, 2.05) is 41.0 Å². The Labute approximate surface area is 163 Å². The maximum absolute atomic E-state index is 11.9. The van der Waals surface area contributed by atoms with Crippen LogP contribution >= 0.6 is 0 Å². The van der Waals surface area contributed by atoms with Gasteiger partial charge in [0.25, 0.3) is 0 Å². The van der Waals surface area contributed by atoms with Crippen LogP contribution in [0.2, 0.25) is 0 Å². The van der Waals surface area contributed by atoms with Crippen LogP contribution in [0.15, 0.2) is 48.5 Å². The van der Waals surface area contributed by atoms with Crippen molar-refractivity contribution < 1.29 is 14.7 Å². The normalized spacial score (nSPS) is 15.0. The Morgan fingerprint density at radius 3 is 2.39 bits per heavy atom. The minimum atomic E-state index is -0.978. The number of hydrogen-bond acceptors (Lipinski definition) is 2. The lowest BCUT2D eigenvalue weighted by molar-refractivity contribution is -0.118. The number of aromatic nitrogens is 1. The first-order chi connectivity index (χ1) is 13.6. The predicted octanol–water partition coefficient (Wildman–Crippen LogP) is 4.54. The molecular weight excluding hydrogens is 352 g/mol. The third-order valence-electron chi connectivity index (χ3n) is 5.73. The summed E-state index contributed by atoms with van der Waals surface area (Å²) in [6.07, 6.45) is 5.84. The van der Waals surface area contributed by atoms with Gasteiger partial charge in [0.15, 0.2) is 0 Å². The summed E-state index contributed by atoms with van der Waals surface area (Å²) in [6.45, 7) is 0.0243. The van der Waals surface area contributed by atoms with Gasteiger partial charge < -0.3 is 15.4 Å². The lowest BCUT2D eigenvalue weighted by Crippen LogP contribution is -2.19. The van der Waals surface area contributed by atoms with E-state index in [1.165, 1.54) is 24.8 Å². The van der Waals surface area contributed by atoms with E-state index in [4.69, 9.17) is 5.73 Å². The van der Waals surface area contributed by atoms with E-state index in [-0.39, 0.29) is 12.1 Å². The summed E-state index contributed by atoms with van der Waals surface area (Å²) in [4.78, 5) is 23.4. The lowest BCUT2D eigenvalue weighted by atomic mass is 9.82. The Kier molecular flexibility index (Phi) is 4.90. The monoisotopic (exact) mass is 376 g/mol. The number of amides is 1. The van der Waals surface area contributed by atoms with Crippen molar-refractivity contribution in [2.24, 2.45) is 5.73 Å². The van der Waals surface area contributed by atoms with Gasteiger partial charge in [0.05, 0.1) is 16.8 Å². The van der Waals surface area contributed by atoms with Crippen LogP contribution in [0.4, 0.5) is 0 Å². The van der Waals surface area contributed by atoms with Gasteiger partial charge in [-0.1, -0.05) is 55.7 Å². The van der Waals surface area contributed by atoms with Crippen LogP contribution in [0.3, 0.4) is 0 Å². The first kappa shape index (κ1) is 18.3. The van der Waals surface area contributed by atoms with Crippen molar-refractivity contribution in [2.75, 3.05) is 0 Å². The number of hydrogen-bond donors (Lipinski definition) is 2. The largest absolute Gasteiger partial charge is 0.478 e. The molecule has 1 fully saturated rings. The molecule has 0 aliphatic heterocycles. The number of carbonyl (C=O) groups excluding carboxylic acids is 1. The highest BCUT2D eigenvalue weighted by Crippen LogP contribution is 2.44. The van der Waals surface area contributed by atoms with Gasteiger partial charge in [-0.3, -0.25) is 4.79 Å². The molecule has 2 aromatic carbocycles. The van der Waals surface area contributed by atoms with Gasteiger partial charge in [0, 0.05) is 5.39 Å². The number of carbonyl (C=O) groups is 2. The Morgan fingerprint density at radius 2 is 1.75 bits per heavy atom. The van der Waals surface area contributed by atoms with Crippen LogP contribution in [0.25, 0.3) is 22.2 Å². The Balaban J connectivity index is 2.05. The molecule has 0 unspecified atom stereocenters. The zero-order valence-electron chi connectivity index (χ0n) is 15.7. The summed E-state index contributed by atoms with van der Waals surface area (Å²) in [7, 11) is 0. The highest BCUT2D eigenvalue weighted by molar-refractivity contribution is 5.98. The van der Waals surface area contributed by atoms with E-state index in [0.717, 1.165) is 35.0 Å². The average molecular weight is 376 g/mol. The SMILES string of the molecule is NC(=O)Cn1c(-c2ccccc2)c(C2CCCCC2)c2ccc(C(=O)O)cc21. The van der Waals surface area contributed by atoms with Crippen molar-refractivity contribution in [3.05, 3.63) is 59.7 Å². The van der Waals surface area contributed by atoms with E-state index >= 15 is 0 Å². The smallest absolute Gasteiger partial charge is 0.335 e. The predicted molar refractivity (Wildman–Crippen MR) is 109 cm³/mol. The third kappa shape index (κ3) is 3.28. The fraction of sp³-hybridized carbons (Fsp3) is 0.304. The summed E-state index contributed by atoms with van der Waals surface area (Å²) >= 11 is 0. The molecule has 5 heteroatoms. The molecule has 1 amide bonds. The molecule has 1 heterocycles. The summed E-state index contributed by atoms with van der Waals surface area (Å²) in [6, 6.07) is 15.2. The summed E-state index contributed by atoms with van der Waals surface area (Å²) in [5, 5.41) is 10.5. The standard InChI is InChI=1S/C23H24N2O3/c24-20(26)14-25-19-13-17(23(27)28)11-12-18(19)21(15-7-3-1-4-8-15)22(25)16-9-5-2-6-10-16/h2,5-6,9-13,15H,1,3-4,7-8,14H2,(H2,24,26)(H,27,28). The van der Waals surface area contributed by atoms with Crippen molar-refractivity contribution in [3.8, 4) is 11.3 Å². The van der Waals surface area contributed by atoms with E-state index in [1.54, 1.807) is 12.1 Å². The summed E-state index contributed by atoms with van der Waals surface area (Å²) in [5.74, 6) is -1.02. The molecule has 3 N–H and O–H groups in total. The first-order valence-corrected chi connectivity index (χ1v) is 9.79. The zero-order chi connectivity index (χ0) is 19.7. The fourth-order valence-electron chi connectivity index (χ4n) is 4.54. The fourth-order valence-corrected chi connectivity index (χ4v) is 4.54. The van der Waals surface area contributed by atoms with Crippen LogP contribution < -0.4 is 5.73 Å². The van der Waals surface area contributed by atoms with E-state index in [0.29, 0.717) is 5.92 Å². The van der Waals surface area contributed by atoms with Gasteiger partial charge in [-0.15, -0.1) is 0 Å². The van der Waals surface area contributed by atoms with Crippen molar-refractivity contribution in [1.82, 2.24) is 4.57 Å². The lowest BCUT2D eigenvalue weighted by Gasteiger charge is -2.23. The Bertz CT molecular complexity index is 1030. The minimum Gasteiger partial charge on any atom is -0.478 e. The molecule has 5 nitrogen and oxygen atoms in total. The Morgan fingerprint density at radius 1 is 1.04 bits per heavy atom. The molecule has 1 aliphatic rings. The van der Waals surface area contributed by atoms with Crippen molar-refractivity contribution in [2.45, 2.75) is 44.6 Å². The third-order valence-corrected chi connectivity index (χ3v) is 5.73. The second-order valence-corrected chi connectivity index (χ2v) is 7.55. The number of fused-ring (bicyclic) bond motifs is 1. The molecule has 3 aromatic rings. The van der Waals surface area contributed by atoms with Crippen LogP contribution in [0.5, 0.6) is 0 Å². The van der Waals surface area contributed by atoms with Gasteiger partial charge >= 0.3 is 5.97 Å². The van der Waals surface area contributed by atoms with Crippen molar-refractivity contribution >= 4 is 22.8 Å². The maximum atomic E-state index is 11.9. The number of carboxylic acids is 1. The molecule has 1 aromatic heterocycles. The highest BCUT2D eigenvalue weighted by Gasteiger charge is 2.27. The van der Waals surface area contributed by atoms with Gasteiger partial charge in [-0.25, -0.2) is 4.79 Å².